The molecule has 0 saturated carbocycles. The average Bonchev–Trinajstić information content (AvgIpc) is 3.66. The summed E-state index contributed by atoms with van der Waals surface area (Å²) in [4.78, 5) is 68.3. The molecule has 4 aliphatic heterocycles. The highest BCUT2D eigenvalue weighted by molar-refractivity contribution is 6.37. The van der Waals surface area contributed by atoms with Gasteiger partial charge in [-0.25, -0.2) is 18.7 Å². The van der Waals surface area contributed by atoms with Crippen LogP contribution in [0.5, 0.6) is 11.5 Å². The van der Waals surface area contributed by atoms with Crippen molar-refractivity contribution < 1.29 is 27.8 Å². The lowest BCUT2D eigenvalue weighted by atomic mass is 10.1. The van der Waals surface area contributed by atoms with Gasteiger partial charge in [0, 0.05) is 74.3 Å². The van der Waals surface area contributed by atoms with Crippen LogP contribution in [0.15, 0.2) is 71.6 Å². The molecular formula is C48H44Cl4F2N10O6. The fraction of sp³-hybridized carbons (Fsp3) is 0.292. The molecule has 2 atom stereocenters. The molecule has 70 heavy (non-hydrogen) atoms. The van der Waals surface area contributed by atoms with E-state index in [0.717, 1.165) is 20.5 Å². The highest BCUT2D eigenvalue weighted by Gasteiger charge is 2.36. The Hall–Kier alpha value is -6.60. The highest BCUT2D eigenvalue weighted by atomic mass is 35.5. The van der Waals surface area contributed by atoms with E-state index in [4.69, 9.17) is 67.3 Å². The highest BCUT2D eigenvalue weighted by Crippen LogP contribution is 2.43. The maximum Gasteiger partial charge on any atom is 0.282 e. The maximum atomic E-state index is 15.0. The van der Waals surface area contributed by atoms with Crippen LogP contribution in [0.3, 0.4) is 0 Å². The molecular weight excluding hydrogens is 992 g/mol. The minimum absolute atomic E-state index is 0.0120. The number of pyridine rings is 4. The van der Waals surface area contributed by atoms with Crippen molar-refractivity contribution in [3.63, 3.8) is 0 Å². The Morgan fingerprint density at radius 1 is 0.643 bits per heavy atom. The van der Waals surface area contributed by atoms with Crippen LogP contribution in [0.4, 0.5) is 31.5 Å². The van der Waals surface area contributed by atoms with Gasteiger partial charge in [0.15, 0.2) is 23.1 Å². The number of hydrogen-bond acceptors (Lipinski definition) is 12. The van der Waals surface area contributed by atoms with E-state index in [1.807, 2.05) is 0 Å². The zero-order chi connectivity index (χ0) is 50.0. The van der Waals surface area contributed by atoms with E-state index < -0.39 is 22.8 Å². The van der Waals surface area contributed by atoms with Crippen LogP contribution in [-0.2, 0) is 9.59 Å². The molecule has 8 heterocycles. The van der Waals surface area contributed by atoms with Crippen LogP contribution in [0.25, 0.3) is 33.2 Å². The molecule has 2 unspecified atom stereocenters. The first kappa shape index (κ1) is 48.4. The third kappa shape index (κ3) is 8.19. The first-order valence-corrected chi connectivity index (χ1v) is 23.6. The second-order valence-corrected chi connectivity index (χ2v) is 18.7. The van der Waals surface area contributed by atoms with Gasteiger partial charge in [-0.3, -0.25) is 28.3 Å². The molecule has 10 rings (SSSR count). The topological polar surface area (TPSA) is 187 Å². The van der Waals surface area contributed by atoms with E-state index in [0.29, 0.717) is 99.0 Å². The third-order valence-electron chi connectivity index (χ3n) is 13.1. The van der Waals surface area contributed by atoms with Crippen molar-refractivity contribution in [3.8, 4) is 22.9 Å². The van der Waals surface area contributed by atoms with E-state index in [2.05, 4.69) is 32.9 Å². The van der Waals surface area contributed by atoms with Crippen molar-refractivity contribution in [3.05, 3.63) is 126 Å². The molecule has 4 aliphatic rings. The number of piperazine rings is 2. The quantitative estimate of drug-likeness (QED) is 0.101. The van der Waals surface area contributed by atoms with Crippen molar-refractivity contribution in [1.29, 1.82) is 0 Å². The summed E-state index contributed by atoms with van der Waals surface area (Å²) in [7, 11) is 0. The Kier molecular flexibility index (Phi) is 13.1. The molecule has 22 heteroatoms. The summed E-state index contributed by atoms with van der Waals surface area (Å²) < 4.78 is 44.3. The lowest BCUT2D eigenvalue weighted by Gasteiger charge is -2.41. The molecule has 2 amide bonds. The van der Waals surface area contributed by atoms with Crippen LogP contribution >= 0.6 is 46.4 Å². The third-order valence-corrected chi connectivity index (χ3v) is 14.3. The van der Waals surface area contributed by atoms with Gasteiger partial charge in [-0.1, -0.05) is 59.6 Å². The van der Waals surface area contributed by atoms with Gasteiger partial charge < -0.3 is 40.5 Å². The van der Waals surface area contributed by atoms with Gasteiger partial charge in [0.25, 0.3) is 11.1 Å². The van der Waals surface area contributed by atoms with Crippen LogP contribution in [0, 0.1) is 25.5 Å². The number of fused-ring (bicyclic) bond motifs is 10. The minimum Gasteiger partial charge on any atom is -0.490 e. The van der Waals surface area contributed by atoms with Gasteiger partial charge in [0.1, 0.15) is 22.4 Å². The molecule has 2 fully saturated rings. The number of nitrogens with zero attached hydrogens (tertiary/aromatic N) is 8. The van der Waals surface area contributed by atoms with Crippen LogP contribution < -0.4 is 41.9 Å². The van der Waals surface area contributed by atoms with Crippen molar-refractivity contribution in [2.24, 2.45) is 0 Å². The van der Waals surface area contributed by atoms with E-state index in [1.165, 1.54) is 36.7 Å². The van der Waals surface area contributed by atoms with Gasteiger partial charge in [0.05, 0.1) is 80.5 Å². The lowest BCUT2D eigenvalue weighted by molar-refractivity contribution is -0.127. The number of nitrogens with two attached hydrogens (primary N) is 2. The monoisotopic (exact) mass is 1030 g/mol. The first-order valence-electron chi connectivity index (χ1n) is 22.0. The molecule has 4 aromatic heterocycles. The summed E-state index contributed by atoms with van der Waals surface area (Å²) in [6.07, 6.45) is 7.02. The number of halogens is 6. The van der Waals surface area contributed by atoms with E-state index >= 15 is 8.78 Å². The molecule has 364 valence electrons. The fourth-order valence-electron chi connectivity index (χ4n) is 9.74. The van der Waals surface area contributed by atoms with Crippen molar-refractivity contribution in [2.75, 3.05) is 73.7 Å². The molecule has 2 saturated heterocycles. The van der Waals surface area contributed by atoms with E-state index in [9.17, 15) is 19.2 Å². The summed E-state index contributed by atoms with van der Waals surface area (Å²) in [6, 6.07) is 5.88. The number of amides is 2. The zero-order valence-corrected chi connectivity index (χ0v) is 40.7. The number of aromatic nitrogens is 4. The van der Waals surface area contributed by atoms with Crippen molar-refractivity contribution in [2.45, 2.75) is 38.8 Å². The number of benzene rings is 2. The normalized spacial score (nSPS) is 17.4. The van der Waals surface area contributed by atoms with Gasteiger partial charge in [0.2, 0.25) is 11.8 Å². The zero-order valence-electron chi connectivity index (χ0n) is 37.7. The van der Waals surface area contributed by atoms with E-state index in [-0.39, 0.29) is 77.8 Å². The predicted molar refractivity (Wildman–Crippen MR) is 269 cm³/mol. The largest absolute Gasteiger partial charge is 0.490 e. The average molecular weight is 1040 g/mol. The number of carbonyl (C=O) groups excluding carboxylic acids is 2. The number of anilines is 4. The Morgan fingerprint density at radius 2 is 1.03 bits per heavy atom. The molecule has 0 spiro atoms. The molecule has 4 N–H and O–H groups in total. The van der Waals surface area contributed by atoms with Crippen molar-refractivity contribution in [1.82, 2.24) is 28.9 Å². The fourth-order valence-corrected chi connectivity index (χ4v) is 10.6. The summed E-state index contributed by atoms with van der Waals surface area (Å²) in [5, 5.41) is 0.728. The van der Waals surface area contributed by atoms with Crippen molar-refractivity contribution >= 4 is 103 Å². The van der Waals surface area contributed by atoms with Crippen LogP contribution in [0.2, 0.25) is 20.1 Å². The summed E-state index contributed by atoms with van der Waals surface area (Å²) in [5.41, 5.74) is 12.9. The summed E-state index contributed by atoms with van der Waals surface area (Å²) >= 11 is 24.3. The summed E-state index contributed by atoms with van der Waals surface area (Å²) in [5.74, 6) is -0.826. The Labute approximate surface area is 418 Å². The molecule has 2 aromatic carbocycles. The first-order chi connectivity index (χ1) is 33.4. The number of nitrogen functional groups attached to an aromatic ring is 2. The second-order valence-electron chi connectivity index (χ2n) is 17.1. The van der Waals surface area contributed by atoms with Crippen LogP contribution in [0.1, 0.15) is 24.2 Å². The number of carbonyl (C=O) groups is 2. The smallest absolute Gasteiger partial charge is 0.282 e. The number of aryl methyl sites for hydroxylation is 2. The Balaban J connectivity index is 0.000000174. The van der Waals surface area contributed by atoms with Gasteiger partial charge >= 0.3 is 0 Å². The van der Waals surface area contributed by atoms with Gasteiger partial charge in [-0.2, -0.15) is 0 Å². The molecule has 0 bridgehead atoms. The standard InChI is InChI=1S/2C24H22Cl2FN5O3/c2*1-3-18(33)30-5-6-31-13(11-30)4-7-35-17-10-29-21-14(22(17)31)8-12(2)32(24(21)34)23-19(27)15(25)9-16(26)20(23)28/h2*3,8-10,13H,1,4-7,11,28H2,2H3. The number of hydrogen-bond donors (Lipinski definition) is 2. The SMILES string of the molecule is C=CC(=O)N1CCN2c3c(cnc4c(=O)n(-c5c(N)c(Cl)cc(Cl)c5F)c(C)cc34)OCCC2C1.C=CC(=O)N1CCN2c3c(cnc4c(=O)n(-c5c(N)c(Cl)cc(Cl)c5F)c(C)cc34)OCCC2C1. The second kappa shape index (κ2) is 19.0. The van der Waals surface area contributed by atoms with E-state index in [1.54, 1.807) is 35.8 Å². The van der Waals surface area contributed by atoms with Gasteiger partial charge in [-0.15, -0.1) is 0 Å². The molecule has 0 aliphatic carbocycles. The Bertz CT molecular complexity index is 3080. The summed E-state index contributed by atoms with van der Waals surface area (Å²) in [6.45, 7) is 14.5. The maximum absolute atomic E-state index is 15.0. The predicted octanol–water partition coefficient (Wildman–Crippen LogP) is 7.42. The molecule has 0 radical (unpaired) electrons. The minimum atomic E-state index is -0.848. The lowest BCUT2D eigenvalue weighted by Crippen LogP contribution is -2.54. The molecule has 6 aromatic rings. The molecule has 16 nitrogen and oxygen atoms in total. The van der Waals surface area contributed by atoms with Crippen LogP contribution in [-0.4, -0.2) is 105 Å². The number of rotatable bonds is 4. The van der Waals surface area contributed by atoms with Gasteiger partial charge in [-0.05, 0) is 50.3 Å². The number of ether oxygens (including phenoxy) is 2. The Morgan fingerprint density at radius 3 is 1.40 bits per heavy atom.